The minimum absolute atomic E-state index is 0.527. The van der Waals surface area contributed by atoms with Crippen LogP contribution < -0.4 is 0 Å². The summed E-state index contributed by atoms with van der Waals surface area (Å²) in [5.74, 6) is -0.778. The van der Waals surface area contributed by atoms with Gasteiger partial charge in [0.1, 0.15) is 6.54 Å². The van der Waals surface area contributed by atoms with Crippen LogP contribution in [0, 0.1) is 0 Å². The highest BCUT2D eigenvalue weighted by molar-refractivity contribution is 7.52. The maximum absolute atomic E-state index is 11.9. The molecule has 0 aromatic heterocycles. The van der Waals surface area contributed by atoms with E-state index in [-0.39, 0.29) is 0 Å². The summed E-state index contributed by atoms with van der Waals surface area (Å²) >= 11 is 0. The molecule has 0 N–H and O–H groups in total. The number of amides is 1. The molecule has 0 saturated heterocycles. The summed E-state index contributed by atoms with van der Waals surface area (Å²) in [5, 5.41) is 0. The molecule has 0 radical (unpaired) electrons. The standard InChI is InChI=1S/C7H14NO7P/c1-12-6(9)5-8(7(10)13-2)16(11,14-3)15-4/h5H2,1-4H3. The Morgan fingerprint density at radius 2 is 1.56 bits per heavy atom. The molecule has 0 aliphatic rings. The first kappa shape index (κ1) is 14.9. The SMILES string of the molecule is COC(=O)CN(C(=O)OC)P(=O)(OC)OC. The number of ether oxygens (including phenoxy) is 2. The topological polar surface area (TPSA) is 91.4 Å². The number of carbonyl (C=O) groups is 2. The van der Waals surface area contributed by atoms with Crippen molar-refractivity contribution in [3.05, 3.63) is 0 Å². The van der Waals surface area contributed by atoms with Gasteiger partial charge in [-0.2, -0.15) is 0 Å². The third-order valence-electron chi connectivity index (χ3n) is 1.65. The Kier molecular flexibility index (Phi) is 6.02. The molecule has 1 amide bonds. The maximum atomic E-state index is 11.9. The van der Waals surface area contributed by atoms with E-state index in [0.717, 1.165) is 28.4 Å². The molecule has 0 fully saturated rings. The number of esters is 1. The molecular formula is C7H14NO7P. The van der Waals surface area contributed by atoms with Crippen molar-refractivity contribution < 1.29 is 32.7 Å². The van der Waals surface area contributed by atoms with E-state index < -0.39 is 26.4 Å². The Bertz CT molecular complexity index is 297. The van der Waals surface area contributed by atoms with Gasteiger partial charge in [-0.1, -0.05) is 0 Å². The van der Waals surface area contributed by atoms with Crippen LogP contribution in [0.1, 0.15) is 0 Å². The van der Waals surface area contributed by atoms with Crippen molar-refractivity contribution in [1.29, 1.82) is 0 Å². The van der Waals surface area contributed by atoms with Gasteiger partial charge in [0, 0.05) is 14.2 Å². The average Bonchev–Trinajstić information content (AvgIpc) is 2.33. The molecule has 0 rings (SSSR count). The van der Waals surface area contributed by atoms with Gasteiger partial charge in [0.05, 0.1) is 14.2 Å². The van der Waals surface area contributed by atoms with Gasteiger partial charge in [-0.25, -0.2) is 14.0 Å². The summed E-state index contributed by atoms with van der Waals surface area (Å²) in [6.07, 6.45) is -1.02. The molecule has 0 spiro atoms. The summed E-state index contributed by atoms with van der Waals surface area (Å²) in [7, 11) is 0.488. The minimum Gasteiger partial charge on any atom is -0.468 e. The van der Waals surface area contributed by atoms with E-state index in [2.05, 4.69) is 18.5 Å². The Labute approximate surface area is 93.0 Å². The highest BCUT2D eigenvalue weighted by Crippen LogP contribution is 2.50. The van der Waals surface area contributed by atoms with Crippen LogP contribution in [0.15, 0.2) is 0 Å². The van der Waals surface area contributed by atoms with Crippen LogP contribution in [-0.2, 0) is 27.9 Å². The number of hydrogen-bond acceptors (Lipinski definition) is 7. The van der Waals surface area contributed by atoms with Crippen LogP contribution >= 0.6 is 7.75 Å². The zero-order valence-corrected chi connectivity index (χ0v) is 10.4. The fourth-order valence-corrected chi connectivity index (χ4v) is 1.93. The molecule has 0 heterocycles. The van der Waals surface area contributed by atoms with E-state index in [4.69, 9.17) is 0 Å². The van der Waals surface area contributed by atoms with Crippen molar-refractivity contribution in [2.24, 2.45) is 0 Å². The second-order valence-electron chi connectivity index (χ2n) is 2.44. The maximum Gasteiger partial charge on any atom is 0.440 e. The number of rotatable bonds is 5. The molecule has 8 nitrogen and oxygen atoms in total. The molecule has 0 unspecified atom stereocenters. The highest BCUT2D eigenvalue weighted by atomic mass is 31.2. The molecule has 0 atom stereocenters. The van der Waals surface area contributed by atoms with Crippen molar-refractivity contribution in [2.45, 2.75) is 0 Å². The van der Waals surface area contributed by atoms with Crippen molar-refractivity contribution in [3.63, 3.8) is 0 Å². The van der Waals surface area contributed by atoms with Crippen LogP contribution in [0.2, 0.25) is 0 Å². The molecule has 0 aliphatic carbocycles. The smallest absolute Gasteiger partial charge is 0.440 e. The second-order valence-corrected chi connectivity index (χ2v) is 4.59. The first-order valence-corrected chi connectivity index (χ1v) is 5.59. The van der Waals surface area contributed by atoms with E-state index in [0.29, 0.717) is 4.67 Å². The van der Waals surface area contributed by atoms with Gasteiger partial charge in [0.15, 0.2) is 0 Å². The van der Waals surface area contributed by atoms with E-state index in [1.807, 2.05) is 0 Å². The summed E-state index contributed by atoms with van der Waals surface area (Å²) in [4.78, 5) is 22.3. The second kappa shape index (κ2) is 6.47. The summed E-state index contributed by atoms with van der Waals surface area (Å²) < 4.78 is 30.2. The lowest BCUT2D eigenvalue weighted by Gasteiger charge is -2.25. The molecular weight excluding hydrogens is 241 g/mol. The van der Waals surface area contributed by atoms with Crippen LogP contribution in [0.4, 0.5) is 4.79 Å². The number of carbonyl (C=O) groups excluding carboxylic acids is 2. The Morgan fingerprint density at radius 3 is 1.88 bits per heavy atom. The van der Waals surface area contributed by atoms with Gasteiger partial charge in [-0.15, -0.1) is 0 Å². The average molecular weight is 255 g/mol. The molecule has 16 heavy (non-hydrogen) atoms. The zero-order chi connectivity index (χ0) is 12.8. The van der Waals surface area contributed by atoms with E-state index in [1.54, 1.807) is 0 Å². The number of methoxy groups -OCH3 is 2. The highest BCUT2D eigenvalue weighted by Gasteiger charge is 2.38. The Balaban J connectivity index is 5.00. The van der Waals surface area contributed by atoms with Crippen molar-refractivity contribution in [2.75, 3.05) is 35.0 Å². The quantitative estimate of drug-likeness (QED) is 0.525. The Hall–Kier alpha value is -1.11. The van der Waals surface area contributed by atoms with Gasteiger partial charge in [-0.3, -0.25) is 13.8 Å². The molecule has 0 saturated carbocycles. The summed E-state index contributed by atoms with van der Waals surface area (Å²) in [6.45, 7) is -0.595. The van der Waals surface area contributed by atoms with Crippen LogP contribution in [0.5, 0.6) is 0 Å². The lowest BCUT2D eigenvalue weighted by Crippen LogP contribution is -2.34. The van der Waals surface area contributed by atoms with E-state index >= 15 is 0 Å². The van der Waals surface area contributed by atoms with Gasteiger partial charge in [0.25, 0.3) is 0 Å². The predicted octanol–water partition coefficient (Wildman–Crippen LogP) is 0.629. The molecule has 0 aromatic rings. The third kappa shape index (κ3) is 3.48. The minimum atomic E-state index is -3.87. The summed E-state index contributed by atoms with van der Waals surface area (Å²) in [6, 6.07) is 0. The summed E-state index contributed by atoms with van der Waals surface area (Å²) in [5.41, 5.74) is 0. The number of nitrogens with zero attached hydrogens (tertiary/aromatic N) is 1. The predicted molar refractivity (Wildman–Crippen MR) is 52.8 cm³/mol. The van der Waals surface area contributed by atoms with Crippen molar-refractivity contribution >= 4 is 19.8 Å². The Morgan fingerprint density at radius 1 is 1.06 bits per heavy atom. The van der Waals surface area contributed by atoms with Crippen LogP contribution in [0.25, 0.3) is 0 Å². The van der Waals surface area contributed by atoms with Crippen molar-refractivity contribution in [1.82, 2.24) is 4.67 Å². The fourth-order valence-electron chi connectivity index (χ4n) is 0.815. The first-order valence-electron chi connectivity index (χ1n) is 4.09. The van der Waals surface area contributed by atoms with Gasteiger partial charge in [0.2, 0.25) is 0 Å². The molecule has 94 valence electrons. The normalized spacial score (nSPS) is 10.8. The molecule has 0 aliphatic heterocycles. The zero-order valence-electron chi connectivity index (χ0n) is 9.46. The monoisotopic (exact) mass is 255 g/mol. The first-order chi connectivity index (χ1) is 7.45. The van der Waals surface area contributed by atoms with E-state index in [1.165, 1.54) is 0 Å². The van der Waals surface area contributed by atoms with Gasteiger partial charge in [-0.05, 0) is 0 Å². The number of hydrogen-bond donors (Lipinski definition) is 0. The van der Waals surface area contributed by atoms with Crippen LogP contribution in [0.3, 0.4) is 0 Å². The van der Waals surface area contributed by atoms with E-state index in [9.17, 15) is 14.2 Å². The lowest BCUT2D eigenvalue weighted by atomic mass is 10.6. The van der Waals surface area contributed by atoms with Crippen LogP contribution in [-0.4, -0.2) is 51.7 Å². The lowest BCUT2D eigenvalue weighted by molar-refractivity contribution is -0.140. The molecule has 0 aromatic carbocycles. The fraction of sp³-hybridized carbons (Fsp3) is 0.714. The largest absolute Gasteiger partial charge is 0.468 e. The van der Waals surface area contributed by atoms with Gasteiger partial charge < -0.3 is 9.47 Å². The molecule has 9 heteroatoms. The third-order valence-corrected chi connectivity index (χ3v) is 3.47. The van der Waals surface area contributed by atoms with Gasteiger partial charge >= 0.3 is 19.8 Å². The van der Waals surface area contributed by atoms with Crippen molar-refractivity contribution in [3.8, 4) is 0 Å². The molecule has 0 bridgehead atoms.